The molecule has 1 atom stereocenters. The highest BCUT2D eigenvalue weighted by atomic mass is 16.6. The number of esters is 2. The molecule has 0 bridgehead atoms. The molecular formula is C15H22O7. The Morgan fingerprint density at radius 3 is 1.91 bits per heavy atom. The molecule has 0 spiro atoms. The standard InChI is InChI=1S/C7H10O3.2C4H6O2/c1-5(2)7(8)10-4-6-3-9-6;1-3-4(5)6-2;1-3(2)4(5)6/h6H,1,3-4H2,2H3;3H,1H2,2H3;1H2,2H3,(H,5,6). The molecule has 0 radical (unpaired) electrons. The second-order valence-corrected chi connectivity index (χ2v) is 4.15. The average molecular weight is 314 g/mol. The Hall–Kier alpha value is -2.41. The molecule has 124 valence electrons. The molecule has 0 saturated carbocycles. The van der Waals surface area contributed by atoms with E-state index in [9.17, 15) is 14.4 Å². The van der Waals surface area contributed by atoms with Crippen LogP contribution in [-0.2, 0) is 28.6 Å². The number of methoxy groups -OCH3 is 1. The third kappa shape index (κ3) is 15.6. The summed E-state index contributed by atoms with van der Waals surface area (Å²) in [5, 5.41) is 7.89. The van der Waals surface area contributed by atoms with E-state index in [0.29, 0.717) is 18.8 Å². The molecule has 1 rings (SSSR count). The SMILES string of the molecule is C=C(C)C(=O)O.C=C(C)C(=O)OCC1CO1.C=CC(=O)OC. The predicted octanol–water partition coefficient (Wildman–Crippen LogP) is 1.50. The monoisotopic (exact) mass is 314 g/mol. The topological polar surface area (TPSA) is 102 Å². The predicted molar refractivity (Wildman–Crippen MR) is 80.2 cm³/mol. The van der Waals surface area contributed by atoms with Gasteiger partial charge in [0, 0.05) is 17.2 Å². The first kappa shape index (κ1) is 21.9. The summed E-state index contributed by atoms with van der Waals surface area (Å²) in [4.78, 5) is 30.1. The zero-order valence-corrected chi connectivity index (χ0v) is 13.1. The van der Waals surface area contributed by atoms with Gasteiger partial charge < -0.3 is 19.3 Å². The van der Waals surface area contributed by atoms with Gasteiger partial charge in [-0.1, -0.05) is 19.7 Å². The number of carboxylic acid groups (broad SMARTS) is 1. The Kier molecular flexibility index (Phi) is 12.3. The number of carbonyl (C=O) groups is 3. The summed E-state index contributed by atoms with van der Waals surface area (Å²) in [5.74, 6) is -1.67. The average Bonchev–Trinajstić information content (AvgIpc) is 3.29. The van der Waals surface area contributed by atoms with Crippen LogP contribution in [0.3, 0.4) is 0 Å². The number of carbonyl (C=O) groups excluding carboxylic acids is 2. The maximum Gasteiger partial charge on any atom is 0.333 e. The third-order valence-corrected chi connectivity index (χ3v) is 1.88. The second kappa shape index (κ2) is 12.3. The van der Waals surface area contributed by atoms with Crippen molar-refractivity contribution in [1.82, 2.24) is 0 Å². The lowest BCUT2D eigenvalue weighted by atomic mass is 10.4. The van der Waals surface area contributed by atoms with Gasteiger partial charge in [0.25, 0.3) is 0 Å². The fourth-order valence-corrected chi connectivity index (χ4v) is 0.539. The molecule has 7 nitrogen and oxygen atoms in total. The molecule has 1 heterocycles. The van der Waals surface area contributed by atoms with Gasteiger partial charge in [-0.3, -0.25) is 0 Å². The van der Waals surface area contributed by atoms with Crippen LogP contribution in [-0.4, -0.2) is 49.4 Å². The van der Waals surface area contributed by atoms with Gasteiger partial charge in [-0.05, 0) is 13.8 Å². The fourth-order valence-electron chi connectivity index (χ4n) is 0.539. The maximum absolute atomic E-state index is 10.7. The van der Waals surface area contributed by atoms with Crippen molar-refractivity contribution in [3.63, 3.8) is 0 Å². The van der Waals surface area contributed by atoms with Gasteiger partial charge in [0.05, 0.1) is 13.7 Å². The van der Waals surface area contributed by atoms with Crippen molar-refractivity contribution < 1.29 is 33.7 Å². The molecule has 1 N–H and O–H groups in total. The van der Waals surface area contributed by atoms with Crippen molar-refractivity contribution >= 4 is 17.9 Å². The molecule has 0 amide bonds. The zero-order chi connectivity index (χ0) is 17.7. The zero-order valence-electron chi connectivity index (χ0n) is 13.1. The van der Waals surface area contributed by atoms with Crippen molar-refractivity contribution in [2.45, 2.75) is 20.0 Å². The number of rotatable bonds is 5. The normalized spacial score (nSPS) is 13.9. The van der Waals surface area contributed by atoms with E-state index >= 15 is 0 Å². The van der Waals surface area contributed by atoms with Crippen LogP contribution in [0.5, 0.6) is 0 Å². The van der Waals surface area contributed by atoms with E-state index in [-0.39, 0.29) is 17.6 Å². The first-order valence-electron chi connectivity index (χ1n) is 6.19. The van der Waals surface area contributed by atoms with Crippen molar-refractivity contribution in [3.05, 3.63) is 37.0 Å². The number of epoxide rings is 1. The van der Waals surface area contributed by atoms with Crippen LogP contribution >= 0.6 is 0 Å². The van der Waals surface area contributed by atoms with Crippen LogP contribution in [0.2, 0.25) is 0 Å². The molecular weight excluding hydrogens is 292 g/mol. The summed E-state index contributed by atoms with van der Waals surface area (Å²) in [6.07, 6.45) is 1.25. The van der Waals surface area contributed by atoms with E-state index in [1.807, 2.05) is 0 Å². The van der Waals surface area contributed by atoms with Crippen molar-refractivity contribution in [1.29, 1.82) is 0 Å². The Morgan fingerprint density at radius 1 is 1.27 bits per heavy atom. The largest absolute Gasteiger partial charge is 0.478 e. The van der Waals surface area contributed by atoms with E-state index in [2.05, 4.69) is 24.5 Å². The Balaban J connectivity index is 0. The lowest BCUT2D eigenvalue weighted by Crippen LogP contribution is -2.09. The summed E-state index contributed by atoms with van der Waals surface area (Å²) in [7, 11) is 1.31. The summed E-state index contributed by atoms with van der Waals surface area (Å²) >= 11 is 0. The van der Waals surface area contributed by atoms with Crippen LogP contribution in [0.15, 0.2) is 37.0 Å². The van der Waals surface area contributed by atoms with Gasteiger partial charge >= 0.3 is 17.9 Å². The number of ether oxygens (including phenoxy) is 3. The Morgan fingerprint density at radius 2 is 1.73 bits per heavy atom. The lowest BCUT2D eigenvalue weighted by molar-refractivity contribution is -0.139. The van der Waals surface area contributed by atoms with Crippen molar-refractivity contribution in [2.24, 2.45) is 0 Å². The summed E-state index contributed by atoms with van der Waals surface area (Å²) < 4.78 is 13.7. The van der Waals surface area contributed by atoms with Gasteiger partial charge in [-0.2, -0.15) is 0 Å². The van der Waals surface area contributed by atoms with Gasteiger partial charge in [-0.25, -0.2) is 14.4 Å². The highest BCUT2D eigenvalue weighted by Crippen LogP contribution is 2.09. The second-order valence-electron chi connectivity index (χ2n) is 4.15. The molecule has 22 heavy (non-hydrogen) atoms. The van der Waals surface area contributed by atoms with Crippen LogP contribution in [0, 0.1) is 0 Å². The first-order valence-corrected chi connectivity index (χ1v) is 6.19. The summed E-state index contributed by atoms with van der Waals surface area (Å²) in [6, 6.07) is 0. The van der Waals surface area contributed by atoms with Crippen molar-refractivity contribution in [3.8, 4) is 0 Å². The molecule has 1 aliphatic heterocycles. The van der Waals surface area contributed by atoms with Crippen molar-refractivity contribution in [2.75, 3.05) is 20.3 Å². The van der Waals surface area contributed by atoms with E-state index < -0.39 is 11.9 Å². The number of hydrogen-bond donors (Lipinski definition) is 1. The summed E-state index contributed by atoms with van der Waals surface area (Å²) in [5.41, 5.74) is 0.607. The number of hydrogen-bond acceptors (Lipinski definition) is 6. The van der Waals surface area contributed by atoms with E-state index in [1.54, 1.807) is 6.92 Å². The maximum atomic E-state index is 10.7. The van der Waals surface area contributed by atoms with Gasteiger partial charge in [-0.15, -0.1) is 0 Å². The molecule has 1 saturated heterocycles. The van der Waals surface area contributed by atoms with E-state index in [1.165, 1.54) is 14.0 Å². The van der Waals surface area contributed by atoms with Gasteiger partial charge in [0.15, 0.2) is 0 Å². The van der Waals surface area contributed by atoms with E-state index in [0.717, 1.165) is 6.08 Å². The molecule has 1 aliphatic rings. The highest BCUT2D eigenvalue weighted by molar-refractivity contribution is 5.87. The fraction of sp³-hybridized carbons (Fsp3) is 0.400. The molecule has 1 unspecified atom stereocenters. The van der Waals surface area contributed by atoms with Gasteiger partial charge in [0.2, 0.25) is 0 Å². The molecule has 0 aromatic carbocycles. The quantitative estimate of drug-likeness (QED) is 0.466. The van der Waals surface area contributed by atoms with Gasteiger partial charge in [0.1, 0.15) is 12.7 Å². The summed E-state index contributed by atoms with van der Waals surface area (Å²) in [6.45, 7) is 13.9. The molecule has 1 fully saturated rings. The molecule has 0 aliphatic carbocycles. The van der Waals surface area contributed by atoms with Crippen LogP contribution in [0.25, 0.3) is 0 Å². The minimum Gasteiger partial charge on any atom is -0.478 e. The minimum absolute atomic E-state index is 0.142. The van der Waals surface area contributed by atoms with Crippen LogP contribution in [0.4, 0.5) is 0 Å². The number of carboxylic acids is 1. The molecule has 0 aromatic rings. The molecule has 0 aromatic heterocycles. The van der Waals surface area contributed by atoms with Crippen LogP contribution < -0.4 is 0 Å². The minimum atomic E-state index is -0.935. The van der Waals surface area contributed by atoms with E-state index in [4.69, 9.17) is 14.6 Å². The smallest absolute Gasteiger partial charge is 0.333 e. The lowest BCUT2D eigenvalue weighted by Gasteiger charge is -1.99. The first-order chi connectivity index (χ1) is 10.1. The highest BCUT2D eigenvalue weighted by Gasteiger charge is 2.24. The Labute approximate surface area is 129 Å². The third-order valence-electron chi connectivity index (χ3n) is 1.88. The Bertz CT molecular complexity index is 418. The van der Waals surface area contributed by atoms with Crippen LogP contribution in [0.1, 0.15) is 13.8 Å². The number of aliphatic carboxylic acids is 1. The molecule has 7 heteroatoms.